The van der Waals surface area contributed by atoms with Gasteiger partial charge in [-0.3, -0.25) is 0 Å². The van der Waals surface area contributed by atoms with Gasteiger partial charge in [-0.1, -0.05) is 140 Å². The summed E-state index contributed by atoms with van der Waals surface area (Å²) < 4.78 is 0. The van der Waals surface area contributed by atoms with Crippen LogP contribution in [0.3, 0.4) is 0 Å². The van der Waals surface area contributed by atoms with Crippen molar-refractivity contribution in [3.05, 3.63) is 157 Å². The number of rotatable bonds is 4. The first-order valence-corrected chi connectivity index (χ1v) is 14.4. The second-order valence-corrected chi connectivity index (χ2v) is 10.8. The SMILES string of the molecule is C1=CC(c2nc(-c3ccccc3)nc(-c3ccccc3)n2)CC(c2ccc3c4ccccc4c4ccccc4c3c2)=C1. The van der Waals surface area contributed by atoms with Gasteiger partial charge in [0.1, 0.15) is 5.82 Å². The monoisotopic (exact) mass is 537 g/mol. The van der Waals surface area contributed by atoms with E-state index in [9.17, 15) is 0 Å². The molecule has 3 nitrogen and oxygen atoms in total. The summed E-state index contributed by atoms with van der Waals surface area (Å²) in [5.74, 6) is 2.24. The summed E-state index contributed by atoms with van der Waals surface area (Å²) in [7, 11) is 0. The van der Waals surface area contributed by atoms with E-state index in [2.05, 4.69) is 109 Å². The molecule has 0 N–H and O–H groups in total. The van der Waals surface area contributed by atoms with Crippen LogP contribution in [0.5, 0.6) is 0 Å². The fraction of sp³-hybridized carbons (Fsp3) is 0.0513. The van der Waals surface area contributed by atoms with Crippen molar-refractivity contribution in [3.63, 3.8) is 0 Å². The molecule has 1 aliphatic rings. The minimum absolute atomic E-state index is 0.0435. The van der Waals surface area contributed by atoms with E-state index in [1.807, 2.05) is 36.4 Å². The predicted octanol–water partition coefficient (Wildman–Crippen LogP) is 9.79. The zero-order chi connectivity index (χ0) is 27.9. The molecule has 0 fully saturated rings. The molecular formula is C39H27N3. The maximum atomic E-state index is 5.01. The number of hydrogen-bond acceptors (Lipinski definition) is 3. The molecule has 0 saturated heterocycles. The minimum atomic E-state index is 0.0435. The number of nitrogens with zero attached hydrogens (tertiary/aromatic N) is 3. The van der Waals surface area contributed by atoms with Crippen molar-refractivity contribution in [2.45, 2.75) is 12.3 Å². The van der Waals surface area contributed by atoms with Gasteiger partial charge in [0, 0.05) is 17.0 Å². The first-order chi connectivity index (χ1) is 20.8. The lowest BCUT2D eigenvalue weighted by Gasteiger charge is -2.20. The Labute approximate surface area is 244 Å². The van der Waals surface area contributed by atoms with Gasteiger partial charge in [-0.2, -0.15) is 0 Å². The van der Waals surface area contributed by atoms with Crippen LogP contribution in [0.2, 0.25) is 0 Å². The molecule has 1 aromatic heterocycles. The Morgan fingerprint density at radius 3 is 1.52 bits per heavy atom. The second kappa shape index (κ2) is 10.2. The van der Waals surface area contributed by atoms with Crippen LogP contribution in [-0.4, -0.2) is 15.0 Å². The van der Waals surface area contributed by atoms with Crippen LogP contribution in [0.25, 0.3) is 60.7 Å². The molecule has 3 heteroatoms. The molecule has 1 aliphatic carbocycles. The summed E-state index contributed by atoms with van der Waals surface area (Å²) >= 11 is 0. The third-order valence-electron chi connectivity index (χ3n) is 8.24. The highest BCUT2D eigenvalue weighted by molar-refractivity contribution is 6.25. The van der Waals surface area contributed by atoms with Crippen LogP contribution in [0.1, 0.15) is 23.7 Å². The quantitative estimate of drug-likeness (QED) is 0.210. The first kappa shape index (κ1) is 24.4. The lowest BCUT2D eigenvalue weighted by molar-refractivity contribution is 0.773. The van der Waals surface area contributed by atoms with Crippen molar-refractivity contribution in [2.75, 3.05) is 0 Å². The average Bonchev–Trinajstić information content (AvgIpc) is 3.09. The molecule has 8 rings (SSSR count). The Morgan fingerprint density at radius 2 is 0.952 bits per heavy atom. The Kier molecular flexibility index (Phi) is 5.93. The molecule has 1 atom stereocenters. The molecule has 7 aromatic rings. The van der Waals surface area contributed by atoms with Crippen LogP contribution in [0, 0.1) is 0 Å². The summed E-state index contributed by atoms with van der Waals surface area (Å²) in [5.41, 5.74) is 4.49. The minimum Gasteiger partial charge on any atom is -0.212 e. The smallest absolute Gasteiger partial charge is 0.163 e. The van der Waals surface area contributed by atoms with Crippen molar-refractivity contribution >= 4 is 37.9 Å². The van der Waals surface area contributed by atoms with E-state index in [1.165, 1.54) is 43.5 Å². The molecule has 0 saturated carbocycles. The molecule has 198 valence electrons. The highest BCUT2D eigenvalue weighted by Crippen LogP contribution is 2.39. The third kappa shape index (κ3) is 4.27. The van der Waals surface area contributed by atoms with Crippen molar-refractivity contribution < 1.29 is 0 Å². The standard InChI is InChI=1S/C39H27N3/c1-3-12-26(13-4-1)37-40-38(27-14-5-2-6-15-27)42-39(41-37)30-17-11-16-28(24-30)29-22-23-35-33-20-8-7-18-31(33)32-19-9-10-21-34(32)36(35)25-29/h1-23,25,30H,24H2. The molecule has 0 aliphatic heterocycles. The molecule has 1 heterocycles. The zero-order valence-corrected chi connectivity index (χ0v) is 23.0. The van der Waals surface area contributed by atoms with Crippen molar-refractivity contribution in [3.8, 4) is 22.8 Å². The maximum absolute atomic E-state index is 5.01. The Hall–Kier alpha value is -5.41. The average molecular weight is 538 g/mol. The Balaban J connectivity index is 1.21. The van der Waals surface area contributed by atoms with Gasteiger partial charge in [-0.15, -0.1) is 0 Å². The maximum Gasteiger partial charge on any atom is 0.163 e. The van der Waals surface area contributed by atoms with E-state index in [0.29, 0.717) is 11.6 Å². The van der Waals surface area contributed by atoms with E-state index in [0.717, 1.165) is 23.4 Å². The number of fused-ring (bicyclic) bond motifs is 6. The number of aromatic nitrogens is 3. The van der Waals surface area contributed by atoms with Crippen LogP contribution in [-0.2, 0) is 0 Å². The van der Waals surface area contributed by atoms with E-state index < -0.39 is 0 Å². The first-order valence-electron chi connectivity index (χ1n) is 14.4. The molecule has 0 spiro atoms. The van der Waals surface area contributed by atoms with E-state index in [4.69, 9.17) is 15.0 Å². The van der Waals surface area contributed by atoms with Crippen LogP contribution >= 0.6 is 0 Å². The van der Waals surface area contributed by atoms with E-state index in [1.54, 1.807) is 0 Å². The molecule has 0 radical (unpaired) electrons. The highest BCUT2D eigenvalue weighted by atomic mass is 15.0. The van der Waals surface area contributed by atoms with Crippen LogP contribution in [0.4, 0.5) is 0 Å². The van der Waals surface area contributed by atoms with Gasteiger partial charge in [0.05, 0.1) is 0 Å². The van der Waals surface area contributed by atoms with Crippen molar-refractivity contribution in [1.29, 1.82) is 0 Å². The Bertz CT molecular complexity index is 2070. The van der Waals surface area contributed by atoms with Gasteiger partial charge in [0.2, 0.25) is 0 Å². The lowest BCUT2D eigenvalue weighted by atomic mass is 9.87. The van der Waals surface area contributed by atoms with E-state index >= 15 is 0 Å². The molecule has 42 heavy (non-hydrogen) atoms. The van der Waals surface area contributed by atoms with Crippen molar-refractivity contribution in [2.24, 2.45) is 0 Å². The summed E-state index contributed by atoms with van der Waals surface area (Å²) in [6, 6.07) is 44.7. The lowest BCUT2D eigenvalue weighted by Crippen LogP contribution is -2.09. The van der Waals surface area contributed by atoms with Gasteiger partial charge in [0.25, 0.3) is 0 Å². The Morgan fingerprint density at radius 1 is 0.452 bits per heavy atom. The summed E-state index contributed by atoms with van der Waals surface area (Å²) in [6.07, 6.45) is 7.42. The van der Waals surface area contributed by atoms with Crippen molar-refractivity contribution in [1.82, 2.24) is 15.0 Å². The van der Waals surface area contributed by atoms with E-state index in [-0.39, 0.29) is 5.92 Å². The van der Waals surface area contributed by atoms with Gasteiger partial charge < -0.3 is 0 Å². The summed E-state index contributed by atoms with van der Waals surface area (Å²) in [4.78, 5) is 14.9. The predicted molar refractivity (Wildman–Crippen MR) is 174 cm³/mol. The largest absolute Gasteiger partial charge is 0.212 e. The molecule has 0 amide bonds. The second-order valence-electron chi connectivity index (χ2n) is 10.8. The summed E-state index contributed by atoms with van der Waals surface area (Å²) in [6.45, 7) is 0. The van der Waals surface area contributed by atoms with Gasteiger partial charge in [0.15, 0.2) is 11.6 Å². The topological polar surface area (TPSA) is 38.7 Å². The van der Waals surface area contributed by atoms with Gasteiger partial charge >= 0.3 is 0 Å². The fourth-order valence-corrected chi connectivity index (χ4v) is 6.17. The normalized spacial score (nSPS) is 14.9. The van der Waals surface area contributed by atoms with Crippen LogP contribution in [0.15, 0.2) is 146 Å². The fourth-order valence-electron chi connectivity index (χ4n) is 6.17. The molecular weight excluding hydrogens is 510 g/mol. The number of benzene rings is 6. The third-order valence-corrected chi connectivity index (χ3v) is 8.24. The highest BCUT2D eigenvalue weighted by Gasteiger charge is 2.21. The van der Waals surface area contributed by atoms with Crippen LogP contribution < -0.4 is 0 Å². The number of hydrogen-bond donors (Lipinski definition) is 0. The molecule has 0 bridgehead atoms. The van der Waals surface area contributed by atoms with Gasteiger partial charge in [-0.05, 0) is 55.9 Å². The zero-order valence-electron chi connectivity index (χ0n) is 23.0. The summed E-state index contributed by atoms with van der Waals surface area (Å²) in [5, 5.41) is 7.74. The molecule has 1 unspecified atom stereocenters. The van der Waals surface area contributed by atoms with Gasteiger partial charge in [-0.25, -0.2) is 15.0 Å². The molecule has 6 aromatic carbocycles. The number of allylic oxidation sites excluding steroid dienone is 4.